The number of hydrazone groups is 1. The van der Waals surface area contributed by atoms with Crippen LogP contribution in [0.2, 0.25) is 0 Å². The van der Waals surface area contributed by atoms with E-state index in [1.54, 1.807) is 30.3 Å². The van der Waals surface area contributed by atoms with E-state index < -0.39 is 30.0 Å². The third-order valence-corrected chi connectivity index (χ3v) is 10.7. The molecule has 4 aromatic rings. The Morgan fingerprint density at radius 3 is 2.45 bits per heavy atom. The van der Waals surface area contributed by atoms with Crippen molar-refractivity contribution in [2.24, 2.45) is 5.10 Å². The van der Waals surface area contributed by atoms with Gasteiger partial charge in [0, 0.05) is 75.7 Å². The van der Waals surface area contributed by atoms with Gasteiger partial charge >= 0.3 is 0 Å². The van der Waals surface area contributed by atoms with Crippen LogP contribution >= 0.6 is 0 Å². The molecule has 0 saturated carbocycles. The number of anilines is 3. The number of likely N-dealkylation sites (N-methyl/N-ethyl adjacent to an activating group) is 1. The summed E-state index contributed by atoms with van der Waals surface area (Å²) in [6.45, 7) is 8.30. The zero-order chi connectivity index (χ0) is 43.1. The minimum atomic E-state index is -1.32. The number of benzene rings is 3. The molecule has 0 bridgehead atoms. The molecule has 0 aliphatic carbocycles. The Kier molecular flexibility index (Phi) is 13.6. The van der Waals surface area contributed by atoms with E-state index in [1.165, 1.54) is 41.4 Å². The number of nitrogens with zero attached hydrogens (tertiary/aromatic N) is 7. The molecule has 6 N–H and O–H groups in total. The van der Waals surface area contributed by atoms with Gasteiger partial charge in [0.1, 0.15) is 41.2 Å². The number of amidine groups is 1. The van der Waals surface area contributed by atoms with Crippen LogP contribution in [0, 0.1) is 12.7 Å². The van der Waals surface area contributed by atoms with Crippen molar-refractivity contribution in [2.75, 3.05) is 48.3 Å². The fourth-order valence-corrected chi connectivity index (χ4v) is 7.29. The highest BCUT2D eigenvalue weighted by Gasteiger charge is 2.32. The molecule has 3 amide bonds. The summed E-state index contributed by atoms with van der Waals surface area (Å²) in [4.78, 5) is 64.8. The molecule has 2 aliphatic heterocycles. The fraction of sp³-hybridized carbons (Fsp3) is 0.357. The maximum atomic E-state index is 15.6. The number of aldehydes is 1. The Labute approximate surface area is 346 Å². The smallest absolute Gasteiger partial charge is 0.275 e. The monoisotopic (exact) mass is 824 g/mol. The van der Waals surface area contributed by atoms with E-state index in [9.17, 15) is 34.5 Å². The van der Waals surface area contributed by atoms with Gasteiger partial charge in [0.05, 0.1) is 18.0 Å². The summed E-state index contributed by atoms with van der Waals surface area (Å²) in [6.07, 6.45) is 3.10. The number of aliphatic hydroxyl groups excluding tert-OH is 1. The van der Waals surface area contributed by atoms with Crippen molar-refractivity contribution in [1.29, 1.82) is 0 Å². The van der Waals surface area contributed by atoms with Crippen LogP contribution in [-0.2, 0) is 27.5 Å². The number of phenols is 2. The van der Waals surface area contributed by atoms with Gasteiger partial charge in [-0.15, -0.1) is 0 Å². The molecule has 2 unspecified atom stereocenters. The highest BCUT2D eigenvalue weighted by atomic mass is 19.1. The topological polar surface area (TPSA) is 216 Å². The lowest BCUT2D eigenvalue weighted by Crippen LogP contribution is -2.46. The number of nitrogens with one attached hydrogen (secondary N) is 3. The van der Waals surface area contributed by atoms with Crippen LogP contribution in [0.1, 0.15) is 70.9 Å². The Morgan fingerprint density at radius 1 is 1.03 bits per heavy atom. The van der Waals surface area contributed by atoms with E-state index >= 15 is 4.39 Å². The Hall–Kier alpha value is -6.66. The normalized spacial score (nSPS) is 15.9. The summed E-state index contributed by atoms with van der Waals surface area (Å²) in [5.74, 6) is -1.01. The second-order valence-electron chi connectivity index (χ2n) is 14.9. The molecule has 316 valence electrons. The molecule has 2 aliphatic rings. The molecule has 17 nitrogen and oxygen atoms in total. The number of amides is 3. The second-order valence-corrected chi connectivity index (χ2v) is 14.9. The largest absolute Gasteiger partial charge is 0.508 e. The van der Waals surface area contributed by atoms with Gasteiger partial charge in [0.15, 0.2) is 5.84 Å². The number of halogens is 1. The highest BCUT2D eigenvalue weighted by Crippen LogP contribution is 2.35. The molecule has 1 saturated heterocycles. The first-order valence-corrected chi connectivity index (χ1v) is 19.5. The quantitative estimate of drug-likeness (QED) is 0.0898. The maximum Gasteiger partial charge on any atom is 0.275 e. The van der Waals surface area contributed by atoms with Gasteiger partial charge in [0.2, 0.25) is 18.7 Å². The molecular formula is C42H49FN10O7. The van der Waals surface area contributed by atoms with E-state index in [-0.39, 0.29) is 53.9 Å². The molecule has 3 aromatic carbocycles. The predicted molar refractivity (Wildman–Crippen MR) is 222 cm³/mol. The third-order valence-electron chi connectivity index (χ3n) is 10.7. The third kappa shape index (κ3) is 9.45. The van der Waals surface area contributed by atoms with Crippen molar-refractivity contribution in [3.8, 4) is 11.5 Å². The molecule has 0 radical (unpaired) electrons. The van der Waals surface area contributed by atoms with Crippen LogP contribution in [0.15, 0.2) is 66.0 Å². The number of hydrogen-bond acceptors (Lipinski definition) is 14. The number of hydrogen-bond donors (Lipinski definition) is 6. The number of aromatic nitrogens is 2. The molecule has 1 fully saturated rings. The van der Waals surface area contributed by atoms with E-state index in [2.05, 4.69) is 36.0 Å². The van der Waals surface area contributed by atoms with Gasteiger partial charge in [-0.1, -0.05) is 32.0 Å². The van der Waals surface area contributed by atoms with Crippen LogP contribution in [0.4, 0.5) is 21.6 Å². The summed E-state index contributed by atoms with van der Waals surface area (Å²) in [7, 11) is 1.46. The van der Waals surface area contributed by atoms with Crippen LogP contribution < -0.4 is 25.9 Å². The fourth-order valence-electron chi connectivity index (χ4n) is 7.29. The molecule has 18 heteroatoms. The Balaban J connectivity index is 1.06. The van der Waals surface area contributed by atoms with E-state index in [1.807, 2.05) is 31.7 Å². The van der Waals surface area contributed by atoms with Crippen LogP contribution in [0.25, 0.3) is 0 Å². The van der Waals surface area contributed by atoms with E-state index in [0.29, 0.717) is 79.3 Å². The van der Waals surface area contributed by atoms with Crippen molar-refractivity contribution in [3.63, 3.8) is 0 Å². The number of carbonyl (C=O) groups excluding carboxylic acids is 4. The summed E-state index contributed by atoms with van der Waals surface area (Å²) in [6, 6.07) is 11.9. The summed E-state index contributed by atoms with van der Waals surface area (Å²) in [5.41, 5.74) is 6.09. The lowest BCUT2D eigenvalue weighted by atomic mass is 9.98. The van der Waals surface area contributed by atoms with Crippen molar-refractivity contribution in [2.45, 2.75) is 65.0 Å². The van der Waals surface area contributed by atoms with Crippen LogP contribution in [-0.4, -0.2) is 111 Å². The molecule has 6 rings (SSSR count). The second kappa shape index (κ2) is 18.9. The number of rotatable bonds is 16. The van der Waals surface area contributed by atoms with Gasteiger partial charge in [-0.05, 0) is 60.2 Å². The number of aromatic hydroxyl groups is 2. The molecule has 60 heavy (non-hydrogen) atoms. The Bertz CT molecular complexity index is 2250. The van der Waals surface area contributed by atoms with Crippen molar-refractivity contribution >= 4 is 47.5 Å². The summed E-state index contributed by atoms with van der Waals surface area (Å²) >= 11 is 0. The van der Waals surface area contributed by atoms with Crippen LogP contribution in [0.5, 0.6) is 11.5 Å². The van der Waals surface area contributed by atoms with E-state index in [0.717, 1.165) is 5.56 Å². The first-order chi connectivity index (χ1) is 28.8. The molecule has 2 atom stereocenters. The SMILES string of the molecule is CNC(=O)C(CCC=O)N(C=O)Cc1c(C)cccc1NC(=O)c1cnc(N2CCN(Cc3ccc(N4C(c5cc(C(C)C)c(O)cc5O)=NNC4O)cc3F)CC2)cn1. The van der Waals surface area contributed by atoms with Gasteiger partial charge in [0.25, 0.3) is 5.91 Å². The minimum Gasteiger partial charge on any atom is -0.508 e. The van der Waals surface area contributed by atoms with Crippen molar-refractivity contribution < 1.29 is 38.9 Å². The zero-order valence-corrected chi connectivity index (χ0v) is 33.8. The van der Waals surface area contributed by atoms with Crippen molar-refractivity contribution in [3.05, 3.63) is 100 Å². The number of phenolic OH excluding ortho intramolecular Hbond substituents is 2. The predicted octanol–water partition coefficient (Wildman–Crippen LogP) is 3.13. The molecule has 0 spiro atoms. The molecular weight excluding hydrogens is 776 g/mol. The Morgan fingerprint density at radius 2 is 1.80 bits per heavy atom. The number of carbonyl (C=O) groups is 4. The lowest BCUT2D eigenvalue weighted by molar-refractivity contribution is -0.133. The average Bonchev–Trinajstić information content (AvgIpc) is 3.62. The van der Waals surface area contributed by atoms with Crippen LogP contribution in [0.3, 0.4) is 0 Å². The van der Waals surface area contributed by atoms with Gasteiger partial charge in [-0.25, -0.2) is 14.4 Å². The highest BCUT2D eigenvalue weighted by molar-refractivity contribution is 6.12. The first kappa shape index (κ1) is 42.9. The van der Waals surface area contributed by atoms with Crippen molar-refractivity contribution in [1.82, 2.24) is 30.5 Å². The van der Waals surface area contributed by atoms with Gasteiger partial charge in [-0.3, -0.25) is 29.6 Å². The molecule has 3 heterocycles. The standard InChI is InChI=1S/C42H49FN10O7/c1-25(2)29-18-30(37(57)19-36(29)56)39-48-49-42(60)53(39)28-11-10-27(32(43)17-28)22-50-12-14-51(15-13-50)38-21-45-34(20-46-38)40(58)47-33-8-5-7-26(3)31(33)23-52(24-55)35(9-6-16-54)41(59)44-4/h5,7-8,10-11,16-21,24-25,35,42,49,56-57,60H,6,9,12-15,22-23H2,1-4H3,(H,44,59)(H,47,58). The number of aryl methyl sites for hydroxylation is 1. The summed E-state index contributed by atoms with van der Waals surface area (Å²) in [5, 5.41) is 41.3. The maximum absolute atomic E-state index is 15.6. The number of aliphatic hydroxyl groups is 1. The van der Waals surface area contributed by atoms with Gasteiger partial charge in [-0.2, -0.15) is 5.10 Å². The lowest BCUT2D eigenvalue weighted by Gasteiger charge is -2.35. The summed E-state index contributed by atoms with van der Waals surface area (Å²) < 4.78 is 15.6. The first-order valence-electron chi connectivity index (χ1n) is 19.5. The van der Waals surface area contributed by atoms with E-state index in [4.69, 9.17) is 0 Å². The number of piperazine rings is 1. The average molecular weight is 825 g/mol. The van der Waals surface area contributed by atoms with Gasteiger partial charge < -0.3 is 40.5 Å². The zero-order valence-electron chi connectivity index (χ0n) is 33.8. The minimum absolute atomic E-state index is 0.0153. The molecule has 1 aromatic heterocycles.